The highest BCUT2D eigenvalue weighted by Gasteiger charge is 2.15. The van der Waals surface area contributed by atoms with Gasteiger partial charge in [0.1, 0.15) is 0 Å². The van der Waals surface area contributed by atoms with E-state index < -0.39 is 0 Å². The van der Waals surface area contributed by atoms with Gasteiger partial charge in [-0.05, 0) is 7.05 Å². The van der Waals surface area contributed by atoms with Crippen LogP contribution in [-0.2, 0) is 4.79 Å². The second-order valence-electron chi connectivity index (χ2n) is 3.25. The van der Waals surface area contributed by atoms with Crippen LogP contribution in [0.25, 0.3) is 0 Å². The van der Waals surface area contributed by atoms with Gasteiger partial charge in [0, 0.05) is 33.2 Å². The SMILES string of the molecule is CNC(=O)CN1CCN(C)CC1. The van der Waals surface area contributed by atoms with Gasteiger partial charge in [-0.1, -0.05) is 0 Å². The third-order valence-electron chi connectivity index (χ3n) is 2.24. The molecule has 1 aliphatic heterocycles. The van der Waals surface area contributed by atoms with Crippen LogP contribution in [0.5, 0.6) is 0 Å². The van der Waals surface area contributed by atoms with E-state index in [0.717, 1.165) is 26.2 Å². The average Bonchev–Trinajstić information content (AvgIpc) is 2.09. The lowest BCUT2D eigenvalue weighted by Gasteiger charge is -2.31. The largest absolute Gasteiger partial charge is 0.358 e. The van der Waals surface area contributed by atoms with E-state index in [1.54, 1.807) is 7.05 Å². The lowest BCUT2D eigenvalue weighted by molar-refractivity contribution is -0.122. The van der Waals surface area contributed by atoms with Crippen molar-refractivity contribution in [2.45, 2.75) is 0 Å². The summed E-state index contributed by atoms with van der Waals surface area (Å²) in [5, 5.41) is 2.63. The molecule has 1 aliphatic rings. The number of likely N-dealkylation sites (N-methyl/N-ethyl adjacent to an activating group) is 2. The van der Waals surface area contributed by atoms with E-state index in [0.29, 0.717) is 6.54 Å². The molecular weight excluding hydrogens is 154 g/mol. The van der Waals surface area contributed by atoms with Gasteiger partial charge in [-0.2, -0.15) is 0 Å². The van der Waals surface area contributed by atoms with Crippen molar-refractivity contribution in [2.24, 2.45) is 0 Å². The van der Waals surface area contributed by atoms with Gasteiger partial charge in [-0.15, -0.1) is 0 Å². The van der Waals surface area contributed by atoms with Gasteiger partial charge >= 0.3 is 0 Å². The van der Waals surface area contributed by atoms with Crippen LogP contribution in [0.15, 0.2) is 0 Å². The maximum Gasteiger partial charge on any atom is 0.233 e. The Morgan fingerprint density at radius 2 is 1.92 bits per heavy atom. The van der Waals surface area contributed by atoms with Gasteiger partial charge in [0.25, 0.3) is 0 Å². The molecule has 1 fully saturated rings. The smallest absolute Gasteiger partial charge is 0.233 e. The summed E-state index contributed by atoms with van der Waals surface area (Å²) in [6.45, 7) is 4.69. The molecule has 0 aromatic heterocycles. The predicted molar refractivity (Wildman–Crippen MR) is 48.0 cm³/mol. The molecule has 1 heterocycles. The summed E-state index contributed by atoms with van der Waals surface area (Å²) in [7, 11) is 3.79. The molecule has 0 saturated carbocycles. The molecule has 0 atom stereocenters. The van der Waals surface area contributed by atoms with E-state index in [2.05, 4.69) is 22.2 Å². The third-order valence-corrected chi connectivity index (χ3v) is 2.24. The van der Waals surface area contributed by atoms with Crippen molar-refractivity contribution in [2.75, 3.05) is 46.8 Å². The van der Waals surface area contributed by atoms with Crippen LogP contribution in [0.1, 0.15) is 0 Å². The fourth-order valence-electron chi connectivity index (χ4n) is 1.29. The van der Waals surface area contributed by atoms with Crippen molar-refractivity contribution >= 4 is 5.91 Å². The maximum absolute atomic E-state index is 11.0. The van der Waals surface area contributed by atoms with Crippen molar-refractivity contribution in [3.63, 3.8) is 0 Å². The fraction of sp³-hybridized carbons (Fsp3) is 0.875. The highest BCUT2D eigenvalue weighted by Crippen LogP contribution is 1.97. The standard InChI is InChI=1S/C8H17N3O/c1-9-8(12)7-11-5-3-10(2)4-6-11/h3-7H2,1-2H3,(H,9,12). The van der Waals surface area contributed by atoms with E-state index >= 15 is 0 Å². The molecule has 0 aromatic rings. The highest BCUT2D eigenvalue weighted by molar-refractivity contribution is 5.77. The molecule has 1 N–H and O–H groups in total. The van der Waals surface area contributed by atoms with E-state index in [4.69, 9.17) is 0 Å². The second kappa shape index (κ2) is 4.42. The van der Waals surface area contributed by atoms with Gasteiger partial charge in [0.05, 0.1) is 6.54 Å². The normalized spacial score (nSPS) is 20.8. The summed E-state index contributed by atoms with van der Waals surface area (Å²) in [6, 6.07) is 0. The Morgan fingerprint density at radius 3 is 2.42 bits per heavy atom. The van der Waals surface area contributed by atoms with Crippen LogP contribution in [0.2, 0.25) is 0 Å². The Kier molecular flexibility index (Phi) is 3.49. The molecule has 1 rings (SSSR count). The first-order valence-electron chi connectivity index (χ1n) is 4.34. The van der Waals surface area contributed by atoms with E-state index in [-0.39, 0.29) is 5.91 Å². The van der Waals surface area contributed by atoms with E-state index in [9.17, 15) is 4.79 Å². The lowest BCUT2D eigenvalue weighted by Crippen LogP contribution is -2.47. The number of hydrogen-bond donors (Lipinski definition) is 1. The molecule has 1 saturated heterocycles. The van der Waals surface area contributed by atoms with Crippen LogP contribution >= 0.6 is 0 Å². The van der Waals surface area contributed by atoms with E-state index in [1.165, 1.54) is 0 Å². The summed E-state index contributed by atoms with van der Waals surface area (Å²) in [5.41, 5.74) is 0. The number of rotatable bonds is 2. The lowest BCUT2D eigenvalue weighted by atomic mass is 10.3. The summed E-state index contributed by atoms with van der Waals surface area (Å²) in [4.78, 5) is 15.5. The van der Waals surface area contributed by atoms with E-state index in [1.807, 2.05) is 0 Å². The molecule has 0 aliphatic carbocycles. The maximum atomic E-state index is 11.0. The van der Waals surface area contributed by atoms with Crippen molar-refractivity contribution < 1.29 is 4.79 Å². The Bertz CT molecular complexity index is 152. The molecule has 0 bridgehead atoms. The van der Waals surface area contributed by atoms with Gasteiger partial charge in [-0.3, -0.25) is 9.69 Å². The molecule has 12 heavy (non-hydrogen) atoms. The number of carbonyl (C=O) groups excluding carboxylic acids is 1. The van der Waals surface area contributed by atoms with Crippen molar-refractivity contribution in [1.82, 2.24) is 15.1 Å². The predicted octanol–water partition coefficient (Wildman–Crippen LogP) is -1.02. The first-order valence-corrected chi connectivity index (χ1v) is 4.34. The van der Waals surface area contributed by atoms with Gasteiger partial charge < -0.3 is 10.2 Å². The average molecular weight is 171 g/mol. The van der Waals surface area contributed by atoms with Crippen molar-refractivity contribution in [3.05, 3.63) is 0 Å². The summed E-state index contributed by atoms with van der Waals surface area (Å²) in [5.74, 6) is 0.111. The van der Waals surface area contributed by atoms with Crippen molar-refractivity contribution in [3.8, 4) is 0 Å². The van der Waals surface area contributed by atoms with Crippen LogP contribution in [0.3, 0.4) is 0 Å². The quantitative estimate of drug-likeness (QED) is 0.577. The molecule has 4 heteroatoms. The molecule has 4 nitrogen and oxygen atoms in total. The Balaban J connectivity index is 2.21. The molecular formula is C8H17N3O. The summed E-state index contributed by atoms with van der Waals surface area (Å²) in [6.07, 6.45) is 0. The number of hydrogen-bond acceptors (Lipinski definition) is 3. The second-order valence-corrected chi connectivity index (χ2v) is 3.25. The first-order chi connectivity index (χ1) is 5.72. The van der Waals surface area contributed by atoms with Gasteiger partial charge in [0.15, 0.2) is 0 Å². The monoisotopic (exact) mass is 171 g/mol. The van der Waals surface area contributed by atoms with Crippen LogP contribution in [0, 0.1) is 0 Å². The first kappa shape index (κ1) is 9.48. The summed E-state index contributed by atoms with van der Waals surface area (Å²) < 4.78 is 0. The molecule has 1 amide bonds. The Morgan fingerprint density at radius 1 is 1.33 bits per heavy atom. The minimum atomic E-state index is 0.111. The Labute approximate surface area is 73.5 Å². The van der Waals surface area contributed by atoms with Gasteiger partial charge in [-0.25, -0.2) is 0 Å². The zero-order valence-corrected chi connectivity index (χ0v) is 7.84. The van der Waals surface area contributed by atoms with Crippen LogP contribution in [-0.4, -0.2) is 62.5 Å². The number of nitrogens with zero attached hydrogens (tertiary/aromatic N) is 2. The molecule has 0 radical (unpaired) electrons. The van der Waals surface area contributed by atoms with Crippen LogP contribution in [0.4, 0.5) is 0 Å². The van der Waals surface area contributed by atoms with Crippen molar-refractivity contribution in [1.29, 1.82) is 0 Å². The molecule has 70 valence electrons. The zero-order valence-electron chi connectivity index (χ0n) is 7.84. The number of amides is 1. The zero-order chi connectivity index (χ0) is 8.97. The Hall–Kier alpha value is -0.610. The molecule has 0 spiro atoms. The fourth-order valence-corrected chi connectivity index (χ4v) is 1.29. The molecule has 0 unspecified atom stereocenters. The highest BCUT2D eigenvalue weighted by atomic mass is 16.1. The topological polar surface area (TPSA) is 35.6 Å². The minimum Gasteiger partial charge on any atom is -0.358 e. The summed E-state index contributed by atoms with van der Waals surface area (Å²) >= 11 is 0. The number of carbonyl (C=O) groups is 1. The third kappa shape index (κ3) is 2.79. The number of piperazine rings is 1. The van der Waals surface area contributed by atoms with Gasteiger partial charge in [0.2, 0.25) is 5.91 Å². The number of nitrogens with one attached hydrogen (secondary N) is 1. The minimum absolute atomic E-state index is 0.111. The van der Waals surface area contributed by atoms with Crippen LogP contribution < -0.4 is 5.32 Å². The molecule has 0 aromatic carbocycles.